The van der Waals surface area contributed by atoms with Crippen LogP contribution < -0.4 is 0 Å². The fourth-order valence-corrected chi connectivity index (χ4v) is 2.69. The molecule has 15 heavy (non-hydrogen) atoms. The third-order valence-corrected chi connectivity index (χ3v) is 3.27. The van der Waals surface area contributed by atoms with Crippen LogP contribution in [0.1, 0.15) is 72.6 Å². The SMILES string of the molecule is CC(C)CC(CC(C)C)=C1CCCCC1. The van der Waals surface area contributed by atoms with Crippen molar-refractivity contribution in [1.29, 1.82) is 0 Å². The summed E-state index contributed by atoms with van der Waals surface area (Å²) in [5.41, 5.74) is 3.63. The van der Waals surface area contributed by atoms with Gasteiger partial charge in [0.15, 0.2) is 0 Å². The molecule has 1 aliphatic rings. The summed E-state index contributed by atoms with van der Waals surface area (Å²) in [7, 11) is 0. The minimum absolute atomic E-state index is 0.827. The molecule has 1 rings (SSSR count). The Balaban J connectivity index is 2.67. The summed E-state index contributed by atoms with van der Waals surface area (Å²) in [6.07, 6.45) is 9.81. The largest absolute Gasteiger partial charge is 0.0710 e. The van der Waals surface area contributed by atoms with E-state index >= 15 is 0 Å². The van der Waals surface area contributed by atoms with Crippen LogP contribution in [0.5, 0.6) is 0 Å². The molecule has 1 saturated carbocycles. The highest BCUT2D eigenvalue weighted by Crippen LogP contribution is 2.31. The normalized spacial score (nSPS) is 17.6. The smallest absolute Gasteiger partial charge is 0.0294 e. The summed E-state index contributed by atoms with van der Waals surface area (Å²) < 4.78 is 0. The molecule has 0 amide bonds. The Bertz CT molecular complexity index is 188. The van der Waals surface area contributed by atoms with Gasteiger partial charge in [0.2, 0.25) is 0 Å². The van der Waals surface area contributed by atoms with E-state index in [4.69, 9.17) is 0 Å². The highest BCUT2D eigenvalue weighted by molar-refractivity contribution is 5.16. The van der Waals surface area contributed by atoms with Crippen molar-refractivity contribution in [3.05, 3.63) is 11.1 Å². The first kappa shape index (κ1) is 12.8. The van der Waals surface area contributed by atoms with Crippen LogP contribution in [0.3, 0.4) is 0 Å². The van der Waals surface area contributed by atoms with Crippen LogP contribution in [0.4, 0.5) is 0 Å². The topological polar surface area (TPSA) is 0 Å². The Morgan fingerprint density at radius 2 is 1.33 bits per heavy atom. The molecule has 0 aliphatic heterocycles. The van der Waals surface area contributed by atoms with Gasteiger partial charge in [0.1, 0.15) is 0 Å². The summed E-state index contributed by atoms with van der Waals surface area (Å²) in [6.45, 7) is 9.40. The lowest BCUT2D eigenvalue weighted by atomic mass is 9.84. The quantitative estimate of drug-likeness (QED) is 0.547. The first-order chi connectivity index (χ1) is 7.09. The molecule has 0 spiro atoms. The highest BCUT2D eigenvalue weighted by Gasteiger charge is 2.13. The zero-order chi connectivity index (χ0) is 11.3. The molecule has 0 heteroatoms. The lowest BCUT2D eigenvalue weighted by Gasteiger charge is -2.22. The minimum Gasteiger partial charge on any atom is -0.0710 e. The number of hydrogen-bond acceptors (Lipinski definition) is 0. The second kappa shape index (κ2) is 6.35. The monoisotopic (exact) mass is 208 g/mol. The van der Waals surface area contributed by atoms with E-state index in [1.54, 1.807) is 5.57 Å². The van der Waals surface area contributed by atoms with E-state index in [1.165, 1.54) is 44.9 Å². The molecule has 0 atom stereocenters. The van der Waals surface area contributed by atoms with Gasteiger partial charge < -0.3 is 0 Å². The lowest BCUT2D eigenvalue weighted by molar-refractivity contribution is 0.533. The molecule has 88 valence electrons. The molecule has 0 unspecified atom stereocenters. The van der Waals surface area contributed by atoms with Gasteiger partial charge in [0.05, 0.1) is 0 Å². The summed E-state index contributed by atoms with van der Waals surface area (Å²) in [5, 5.41) is 0. The summed E-state index contributed by atoms with van der Waals surface area (Å²) >= 11 is 0. The minimum atomic E-state index is 0.827. The maximum atomic E-state index is 2.35. The third-order valence-electron chi connectivity index (χ3n) is 3.27. The molecule has 0 radical (unpaired) electrons. The van der Waals surface area contributed by atoms with Crippen molar-refractivity contribution in [3.8, 4) is 0 Å². The average Bonchev–Trinajstić information content (AvgIpc) is 2.17. The van der Waals surface area contributed by atoms with Gasteiger partial charge in [-0.05, 0) is 50.4 Å². The van der Waals surface area contributed by atoms with E-state index in [0.717, 1.165) is 11.8 Å². The van der Waals surface area contributed by atoms with Crippen LogP contribution in [0, 0.1) is 11.8 Å². The Kier molecular flexibility index (Phi) is 5.42. The number of allylic oxidation sites excluding steroid dienone is 2. The molecule has 0 heterocycles. The van der Waals surface area contributed by atoms with E-state index in [9.17, 15) is 0 Å². The second-order valence-electron chi connectivity index (χ2n) is 5.96. The molecule has 1 aliphatic carbocycles. The Morgan fingerprint density at radius 1 is 0.867 bits per heavy atom. The fourth-order valence-electron chi connectivity index (χ4n) is 2.69. The third kappa shape index (κ3) is 4.86. The summed E-state index contributed by atoms with van der Waals surface area (Å²) in [6, 6.07) is 0. The van der Waals surface area contributed by atoms with Crippen LogP contribution >= 0.6 is 0 Å². The Hall–Kier alpha value is -0.260. The zero-order valence-corrected chi connectivity index (χ0v) is 11.1. The van der Waals surface area contributed by atoms with E-state index in [-0.39, 0.29) is 0 Å². The van der Waals surface area contributed by atoms with Gasteiger partial charge in [0, 0.05) is 0 Å². The molecule has 0 aromatic heterocycles. The maximum absolute atomic E-state index is 2.35. The number of rotatable bonds is 4. The van der Waals surface area contributed by atoms with Crippen molar-refractivity contribution in [3.63, 3.8) is 0 Å². The summed E-state index contributed by atoms with van der Waals surface area (Å²) in [4.78, 5) is 0. The summed E-state index contributed by atoms with van der Waals surface area (Å²) in [5.74, 6) is 1.65. The van der Waals surface area contributed by atoms with Gasteiger partial charge in [-0.1, -0.05) is 45.3 Å². The molecular formula is C15H28. The maximum Gasteiger partial charge on any atom is -0.0294 e. The molecular weight excluding hydrogens is 180 g/mol. The average molecular weight is 208 g/mol. The van der Waals surface area contributed by atoms with Crippen LogP contribution in [0.2, 0.25) is 0 Å². The van der Waals surface area contributed by atoms with E-state index in [1.807, 2.05) is 5.57 Å². The molecule has 0 bridgehead atoms. The lowest BCUT2D eigenvalue weighted by Crippen LogP contribution is -2.04. The molecule has 0 nitrogen and oxygen atoms in total. The van der Waals surface area contributed by atoms with Gasteiger partial charge >= 0.3 is 0 Å². The molecule has 0 saturated heterocycles. The van der Waals surface area contributed by atoms with Crippen molar-refractivity contribution in [2.75, 3.05) is 0 Å². The predicted molar refractivity (Wildman–Crippen MR) is 69.0 cm³/mol. The van der Waals surface area contributed by atoms with Gasteiger partial charge in [-0.3, -0.25) is 0 Å². The van der Waals surface area contributed by atoms with Crippen molar-refractivity contribution >= 4 is 0 Å². The van der Waals surface area contributed by atoms with Gasteiger partial charge in [-0.15, -0.1) is 0 Å². The molecule has 0 N–H and O–H groups in total. The van der Waals surface area contributed by atoms with Crippen LogP contribution in [0.15, 0.2) is 11.1 Å². The van der Waals surface area contributed by atoms with Crippen LogP contribution in [0.25, 0.3) is 0 Å². The van der Waals surface area contributed by atoms with Crippen LogP contribution in [-0.4, -0.2) is 0 Å². The second-order valence-corrected chi connectivity index (χ2v) is 5.96. The van der Waals surface area contributed by atoms with Crippen molar-refractivity contribution in [1.82, 2.24) is 0 Å². The Labute approximate surface area is 96.2 Å². The van der Waals surface area contributed by atoms with Gasteiger partial charge in [-0.2, -0.15) is 0 Å². The molecule has 1 fully saturated rings. The van der Waals surface area contributed by atoms with E-state index in [0.29, 0.717) is 0 Å². The standard InChI is InChI=1S/C15H28/c1-12(2)10-15(11-13(3)4)14-8-6-5-7-9-14/h12-13H,5-11H2,1-4H3. The zero-order valence-electron chi connectivity index (χ0n) is 11.1. The highest BCUT2D eigenvalue weighted by atomic mass is 14.2. The van der Waals surface area contributed by atoms with Gasteiger partial charge in [0.25, 0.3) is 0 Å². The molecule has 0 aromatic rings. The number of hydrogen-bond donors (Lipinski definition) is 0. The fraction of sp³-hybridized carbons (Fsp3) is 0.867. The van der Waals surface area contributed by atoms with E-state index in [2.05, 4.69) is 27.7 Å². The molecule has 0 aromatic carbocycles. The first-order valence-electron chi connectivity index (χ1n) is 6.79. The van der Waals surface area contributed by atoms with Crippen molar-refractivity contribution < 1.29 is 0 Å². The predicted octanol–water partition coefficient (Wildman–Crippen LogP) is 5.34. The first-order valence-corrected chi connectivity index (χ1v) is 6.79. The van der Waals surface area contributed by atoms with Crippen molar-refractivity contribution in [2.24, 2.45) is 11.8 Å². The Morgan fingerprint density at radius 3 is 1.73 bits per heavy atom. The van der Waals surface area contributed by atoms with Crippen molar-refractivity contribution in [2.45, 2.75) is 72.6 Å². The van der Waals surface area contributed by atoms with E-state index < -0.39 is 0 Å². The van der Waals surface area contributed by atoms with Gasteiger partial charge in [-0.25, -0.2) is 0 Å². The van der Waals surface area contributed by atoms with Crippen LogP contribution in [-0.2, 0) is 0 Å².